The summed E-state index contributed by atoms with van der Waals surface area (Å²) in [5.74, 6) is 0.511. The third-order valence-corrected chi connectivity index (χ3v) is 2.19. The summed E-state index contributed by atoms with van der Waals surface area (Å²) in [6.45, 7) is 4.25. The van der Waals surface area contributed by atoms with Gasteiger partial charge in [0.15, 0.2) is 0 Å². The van der Waals surface area contributed by atoms with E-state index in [2.05, 4.69) is 13.8 Å². The van der Waals surface area contributed by atoms with E-state index in [1.165, 1.54) is 0 Å². The van der Waals surface area contributed by atoms with Crippen LogP contribution in [0.4, 0.5) is 0 Å². The summed E-state index contributed by atoms with van der Waals surface area (Å²) >= 11 is 0. The highest BCUT2D eigenvalue weighted by molar-refractivity contribution is 5.71. The Bertz CT molecular complexity index is 131. The topological polar surface area (TPSA) is 26.3 Å². The molecule has 58 valence electrons. The van der Waals surface area contributed by atoms with Crippen molar-refractivity contribution in [1.82, 2.24) is 0 Å². The van der Waals surface area contributed by atoms with E-state index in [-0.39, 0.29) is 12.1 Å². The normalized spacial score (nSPS) is 28.2. The number of esters is 1. The van der Waals surface area contributed by atoms with Crippen molar-refractivity contribution in [2.75, 3.05) is 0 Å². The van der Waals surface area contributed by atoms with Crippen molar-refractivity contribution in [3.63, 3.8) is 0 Å². The molecular weight excluding hydrogens is 128 g/mol. The Kier molecular flexibility index (Phi) is 2.30. The number of hydrogen-bond acceptors (Lipinski definition) is 2. The van der Waals surface area contributed by atoms with Crippen molar-refractivity contribution < 1.29 is 9.53 Å². The number of hydrogen-bond donors (Lipinski definition) is 0. The molecule has 0 radical (unpaired) electrons. The highest BCUT2D eigenvalue weighted by atomic mass is 16.5. The molecule has 2 unspecified atom stereocenters. The number of carbonyl (C=O) groups excluding carboxylic acids is 1. The van der Waals surface area contributed by atoms with Crippen LogP contribution in [0.5, 0.6) is 0 Å². The molecule has 0 bridgehead atoms. The zero-order valence-corrected chi connectivity index (χ0v) is 6.59. The van der Waals surface area contributed by atoms with Crippen LogP contribution in [0.25, 0.3) is 0 Å². The molecule has 2 nitrogen and oxygen atoms in total. The first-order chi connectivity index (χ1) is 4.74. The van der Waals surface area contributed by atoms with Crippen molar-refractivity contribution in [3.8, 4) is 0 Å². The van der Waals surface area contributed by atoms with Crippen LogP contribution in [-0.4, -0.2) is 12.1 Å². The zero-order valence-electron chi connectivity index (χ0n) is 6.59. The molecule has 1 saturated heterocycles. The van der Waals surface area contributed by atoms with Crippen LogP contribution in [0, 0.1) is 5.92 Å². The number of carbonyl (C=O) groups is 1. The molecule has 0 aromatic rings. The highest BCUT2D eigenvalue weighted by Crippen LogP contribution is 2.22. The van der Waals surface area contributed by atoms with Gasteiger partial charge >= 0.3 is 5.97 Å². The summed E-state index contributed by atoms with van der Waals surface area (Å²) in [5.41, 5.74) is 0. The quantitative estimate of drug-likeness (QED) is 0.549. The molecule has 0 spiro atoms. The summed E-state index contributed by atoms with van der Waals surface area (Å²) in [4.78, 5) is 10.7. The van der Waals surface area contributed by atoms with Crippen LogP contribution < -0.4 is 0 Å². The zero-order chi connectivity index (χ0) is 7.56. The van der Waals surface area contributed by atoms with Gasteiger partial charge in [0.25, 0.3) is 0 Å². The fraction of sp³-hybridized carbons (Fsp3) is 0.875. The number of cyclic esters (lactones) is 1. The molecule has 0 amide bonds. The van der Waals surface area contributed by atoms with Gasteiger partial charge in [0.2, 0.25) is 0 Å². The van der Waals surface area contributed by atoms with Crippen LogP contribution in [0.3, 0.4) is 0 Å². The molecule has 0 N–H and O–H groups in total. The molecule has 1 fully saturated rings. The molecule has 0 aliphatic carbocycles. The molecule has 1 rings (SSSR count). The van der Waals surface area contributed by atoms with Gasteiger partial charge in [-0.05, 0) is 12.3 Å². The maximum Gasteiger partial charge on any atom is 0.306 e. The number of rotatable bonds is 2. The van der Waals surface area contributed by atoms with E-state index in [0.29, 0.717) is 12.3 Å². The molecule has 0 aromatic carbocycles. The smallest absolute Gasteiger partial charge is 0.306 e. The summed E-state index contributed by atoms with van der Waals surface area (Å²) in [6.07, 6.45) is 2.85. The molecule has 2 atom stereocenters. The van der Waals surface area contributed by atoms with E-state index in [1.807, 2.05) is 0 Å². The summed E-state index contributed by atoms with van der Waals surface area (Å²) in [7, 11) is 0. The molecule has 1 heterocycles. The summed E-state index contributed by atoms with van der Waals surface area (Å²) in [6, 6.07) is 0. The Labute approximate surface area is 61.6 Å². The molecule has 1 aliphatic rings. The Hall–Kier alpha value is -0.530. The van der Waals surface area contributed by atoms with E-state index < -0.39 is 0 Å². The minimum Gasteiger partial charge on any atom is -0.462 e. The van der Waals surface area contributed by atoms with Crippen LogP contribution >= 0.6 is 0 Å². The SMILES string of the molecule is CCC(C)C1CCC(=O)O1. The average Bonchev–Trinajstić information content (AvgIpc) is 2.34. The van der Waals surface area contributed by atoms with E-state index in [1.54, 1.807) is 0 Å². The Morgan fingerprint density at radius 1 is 1.80 bits per heavy atom. The van der Waals surface area contributed by atoms with Crippen molar-refractivity contribution in [2.45, 2.75) is 39.2 Å². The molecule has 0 saturated carbocycles. The van der Waals surface area contributed by atoms with Gasteiger partial charge in [-0.15, -0.1) is 0 Å². The van der Waals surface area contributed by atoms with Gasteiger partial charge in [-0.25, -0.2) is 0 Å². The molecular formula is C8H14O2. The van der Waals surface area contributed by atoms with Crippen molar-refractivity contribution in [3.05, 3.63) is 0 Å². The molecule has 0 aromatic heterocycles. The van der Waals surface area contributed by atoms with Crippen LogP contribution in [0.1, 0.15) is 33.1 Å². The van der Waals surface area contributed by atoms with Crippen LogP contribution in [-0.2, 0) is 9.53 Å². The Balaban J connectivity index is 2.36. The molecule has 2 heteroatoms. The lowest BCUT2D eigenvalue weighted by Crippen LogP contribution is -2.16. The van der Waals surface area contributed by atoms with E-state index in [0.717, 1.165) is 12.8 Å². The van der Waals surface area contributed by atoms with E-state index in [9.17, 15) is 4.79 Å². The van der Waals surface area contributed by atoms with Gasteiger partial charge in [-0.1, -0.05) is 20.3 Å². The van der Waals surface area contributed by atoms with E-state index in [4.69, 9.17) is 4.74 Å². The Morgan fingerprint density at radius 3 is 2.90 bits per heavy atom. The second-order valence-corrected chi connectivity index (χ2v) is 2.95. The summed E-state index contributed by atoms with van der Waals surface area (Å²) < 4.78 is 5.08. The predicted molar refractivity (Wildman–Crippen MR) is 38.6 cm³/mol. The average molecular weight is 142 g/mol. The highest BCUT2D eigenvalue weighted by Gasteiger charge is 2.26. The molecule has 1 aliphatic heterocycles. The van der Waals surface area contributed by atoms with Gasteiger partial charge in [0, 0.05) is 6.42 Å². The second-order valence-electron chi connectivity index (χ2n) is 2.95. The largest absolute Gasteiger partial charge is 0.462 e. The minimum atomic E-state index is -0.0229. The lowest BCUT2D eigenvalue weighted by molar-refractivity contribution is -0.143. The third-order valence-electron chi connectivity index (χ3n) is 2.19. The van der Waals surface area contributed by atoms with Crippen molar-refractivity contribution in [2.24, 2.45) is 5.92 Å². The monoisotopic (exact) mass is 142 g/mol. The second kappa shape index (κ2) is 3.04. The van der Waals surface area contributed by atoms with Crippen LogP contribution in [0.15, 0.2) is 0 Å². The number of ether oxygens (including phenoxy) is 1. The first kappa shape index (κ1) is 7.58. The first-order valence-electron chi connectivity index (χ1n) is 3.93. The summed E-state index contributed by atoms with van der Waals surface area (Å²) in [5, 5.41) is 0. The predicted octanol–water partition coefficient (Wildman–Crippen LogP) is 1.74. The van der Waals surface area contributed by atoms with Gasteiger partial charge < -0.3 is 4.74 Å². The first-order valence-corrected chi connectivity index (χ1v) is 3.93. The molecule has 10 heavy (non-hydrogen) atoms. The van der Waals surface area contributed by atoms with E-state index >= 15 is 0 Å². The fourth-order valence-electron chi connectivity index (χ4n) is 1.21. The fourth-order valence-corrected chi connectivity index (χ4v) is 1.21. The minimum absolute atomic E-state index is 0.0229. The van der Waals surface area contributed by atoms with Crippen molar-refractivity contribution in [1.29, 1.82) is 0 Å². The lowest BCUT2D eigenvalue weighted by atomic mass is 10.00. The van der Waals surface area contributed by atoms with Gasteiger partial charge in [0.1, 0.15) is 6.10 Å². The van der Waals surface area contributed by atoms with Crippen LogP contribution in [0.2, 0.25) is 0 Å². The Morgan fingerprint density at radius 2 is 2.50 bits per heavy atom. The maximum atomic E-state index is 10.7. The van der Waals surface area contributed by atoms with Gasteiger partial charge in [-0.3, -0.25) is 4.79 Å². The maximum absolute atomic E-state index is 10.7. The lowest BCUT2D eigenvalue weighted by Gasteiger charge is -2.14. The van der Waals surface area contributed by atoms with Gasteiger partial charge in [0.05, 0.1) is 0 Å². The third kappa shape index (κ3) is 1.49. The van der Waals surface area contributed by atoms with Crippen molar-refractivity contribution >= 4 is 5.97 Å². The van der Waals surface area contributed by atoms with Gasteiger partial charge in [-0.2, -0.15) is 0 Å². The standard InChI is InChI=1S/C8H14O2/c1-3-6(2)7-4-5-8(9)10-7/h6-7H,3-5H2,1-2H3.